The number of esters is 1. The zero-order valence-electron chi connectivity index (χ0n) is 23.1. The van der Waals surface area contributed by atoms with E-state index < -0.39 is 66.8 Å². The lowest BCUT2D eigenvalue weighted by atomic mass is 9.66. The Balaban J connectivity index is 1.32. The van der Waals surface area contributed by atoms with Crippen LogP contribution in [0.5, 0.6) is 28.7 Å². The molecule has 13 nitrogen and oxygen atoms in total. The van der Waals surface area contributed by atoms with E-state index in [0.717, 1.165) is 0 Å². The van der Waals surface area contributed by atoms with Crippen molar-refractivity contribution in [2.24, 2.45) is 11.8 Å². The van der Waals surface area contributed by atoms with Crippen molar-refractivity contribution in [2.45, 2.75) is 55.9 Å². The molecule has 0 saturated carbocycles. The van der Waals surface area contributed by atoms with Crippen LogP contribution in [0.2, 0.25) is 0 Å². The summed E-state index contributed by atoms with van der Waals surface area (Å²) >= 11 is 0. The van der Waals surface area contributed by atoms with E-state index in [2.05, 4.69) is 0 Å². The highest BCUT2D eigenvalue weighted by Crippen LogP contribution is 2.57. The summed E-state index contributed by atoms with van der Waals surface area (Å²) in [7, 11) is 2.86. The highest BCUT2D eigenvalue weighted by Gasteiger charge is 2.56. The second-order valence-corrected chi connectivity index (χ2v) is 11.0. The zero-order chi connectivity index (χ0) is 29.3. The molecule has 0 radical (unpaired) electrons. The van der Waals surface area contributed by atoms with Crippen molar-refractivity contribution in [1.29, 1.82) is 0 Å². The molecule has 4 heterocycles. The molecule has 7 rings (SSSR count). The molecular weight excluding hydrogens is 556 g/mol. The van der Waals surface area contributed by atoms with E-state index in [1.807, 2.05) is 0 Å². The molecule has 42 heavy (non-hydrogen) atoms. The van der Waals surface area contributed by atoms with Gasteiger partial charge in [-0.2, -0.15) is 0 Å². The predicted molar refractivity (Wildman–Crippen MR) is 138 cm³/mol. The summed E-state index contributed by atoms with van der Waals surface area (Å²) in [6, 6.07) is 6.93. The monoisotopic (exact) mass is 588 g/mol. The van der Waals surface area contributed by atoms with Crippen molar-refractivity contribution in [3.05, 3.63) is 41.0 Å². The second kappa shape index (κ2) is 10.4. The Hall–Kier alpha value is -3.33. The highest BCUT2D eigenvalue weighted by atomic mass is 16.8. The molecule has 13 heteroatoms. The lowest BCUT2D eigenvalue weighted by Crippen LogP contribution is -2.63. The first-order valence-electron chi connectivity index (χ1n) is 13.8. The van der Waals surface area contributed by atoms with Crippen LogP contribution >= 0.6 is 0 Å². The number of benzene rings is 2. The van der Waals surface area contributed by atoms with Crippen molar-refractivity contribution in [3.8, 4) is 28.7 Å². The predicted octanol–water partition coefficient (Wildman–Crippen LogP) is 1.34. The molecule has 3 N–H and O–H groups in total. The lowest BCUT2D eigenvalue weighted by Gasteiger charge is -2.47. The average Bonchev–Trinajstić information content (AvgIpc) is 3.61. The molecule has 1 aliphatic carbocycles. The number of ether oxygens (including phenoxy) is 9. The minimum atomic E-state index is -1.44. The van der Waals surface area contributed by atoms with Gasteiger partial charge in [0, 0.05) is 11.8 Å². The maximum Gasteiger partial charge on any atom is 0.310 e. The Morgan fingerprint density at radius 3 is 2.26 bits per heavy atom. The molecule has 0 aromatic heterocycles. The Bertz CT molecular complexity index is 1350. The van der Waals surface area contributed by atoms with Crippen LogP contribution in [0.3, 0.4) is 0 Å². The summed E-state index contributed by atoms with van der Waals surface area (Å²) in [5.41, 5.74) is 2.01. The standard InChI is InChI=1S/C29H32O13/c1-11-36-9-20-27(40-11)24(31)25(32)29(41-20)42-26-14-7-17-16(38-10-39-17)6-13(14)21(22-15(26)8-37-28(22)33)12-4-18(34-2)23(30)19(5-12)35-3/h4-7,11,15,20-22,24-27,29-32H,8-10H2,1-3H3/t11-,15-,20-,21-,22-,24-,25-,26-,27-,29+/m1/s1. The topological polar surface area (TPSA) is 161 Å². The van der Waals surface area contributed by atoms with E-state index in [-0.39, 0.29) is 37.3 Å². The Morgan fingerprint density at radius 1 is 0.881 bits per heavy atom. The third-order valence-electron chi connectivity index (χ3n) is 8.75. The maximum absolute atomic E-state index is 13.4. The molecule has 2 aromatic carbocycles. The number of phenols is 1. The van der Waals surface area contributed by atoms with E-state index in [9.17, 15) is 20.1 Å². The fourth-order valence-corrected chi connectivity index (χ4v) is 6.74. The number of aliphatic hydroxyl groups excluding tert-OH is 2. The number of carbonyl (C=O) groups excluding carboxylic acids is 1. The van der Waals surface area contributed by atoms with E-state index in [4.69, 9.17) is 42.6 Å². The van der Waals surface area contributed by atoms with Crippen molar-refractivity contribution in [3.63, 3.8) is 0 Å². The molecule has 4 aliphatic heterocycles. The first-order valence-corrected chi connectivity index (χ1v) is 13.8. The van der Waals surface area contributed by atoms with E-state index in [1.54, 1.807) is 31.2 Å². The van der Waals surface area contributed by atoms with E-state index in [1.165, 1.54) is 14.2 Å². The van der Waals surface area contributed by atoms with Crippen LogP contribution in [0.4, 0.5) is 0 Å². The highest BCUT2D eigenvalue weighted by molar-refractivity contribution is 5.79. The minimum absolute atomic E-state index is 0.0301. The van der Waals surface area contributed by atoms with Gasteiger partial charge in [-0.1, -0.05) is 0 Å². The Morgan fingerprint density at radius 2 is 1.57 bits per heavy atom. The molecule has 0 bridgehead atoms. The van der Waals surface area contributed by atoms with Crippen molar-refractivity contribution < 1.29 is 62.7 Å². The van der Waals surface area contributed by atoms with Crippen molar-refractivity contribution in [2.75, 3.05) is 34.2 Å². The number of aromatic hydroxyl groups is 1. The molecule has 0 spiro atoms. The van der Waals surface area contributed by atoms with Gasteiger partial charge in [-0.25, -0.2) is 0 Å². The van der Waals surface area contributed by atoms with Crippen LogP contribution in [0.25, 0.3) is 0 Å². The van der Waals surface area contributed by atoms with Gasteiger partial charge in [0.05, 0.1) is 39.5 Å². The fraction of sp³-hybridized carbons (Fsp3) is 0.552. The maximum atomic E-state index is 13.4. The summed E-state index contributed by atoms with van der Waals surface area (Å²) in [4.78, 5) is 13.4. The number of hydrogen-bond donors (Lipinski definition) is 3. The second-order valence-electron chi connectivity index (χ2n) is 11.0. The SMILES string of the molecule is COc1cc([C@@H]2c3cc4c(cc3[C@@H](O[C@@H]3O[C@@H]5CO[C@@H](C)O[C@H]5[C@H](O)[C@H]3O)[C@@H]3COC(=O)[C@@H]23)OCO4)cc(OC)c1O. The van der Waals surface area contributed by atoms with Crippen LogP contribution in [0.1, 0.15) is 35.6 Å². The van der Waals surface area contributed by atoms with Gasteiger partial charge in [0.1, 0.15) is 24.4 Å². The van der Waals surface area contributed by atoms with Crippen molar-refractivity contribution >= 4 is 5.97 Å². The van der Waals surface area contributed by atoms with Gasteiger partial charge in [-0.05, 0) is 47.9 Å². The Kier molecular flexibility index (Phi) is 6.83. The van der Waals surface area contributed by atoms with Crippen LogP contribution in [0, 0.1) is 11.8 Å². The summed E-state index contributed by atoms with van der Waals surface area (Å²) in [5, 5.41) is 32.5. The van der Waals surface area contributed by atoms with Crippen molar-refractivity contribution in [1.82, 2.24) is 0 Å². The van der Waals surface area contributed by atoms with Gasteiger partial charge in [0.2, 0.25) is 12.5 Å². The number of methoxy groups -OCH3 is 2. The fourth-order valence-electron chi connectivity index (χ4n) is 6.74. The number of rotatable bonds is 5. The van der Waals surface area contributed by atoms with Gasteiger partial charge in [0.15, 0.2) is 35.6 Å². The summed E-state index contributed by atoms with van der Waals surface area (Å²) in [6.07, 6.45) is -6.80. The van der Waals surface area contributed by atoms with Gasteiger partial charge in [0.25, 0.3) is 0 Å². The summed E-state index contributed by atoms with van der Waals surface area (Å²) < 4.78 is 51.5. The largest absolute Gasteiger partial charge is 0.502 e. The minimum Gasteiger partial charge on any atom is -0.502 e. The molecule has 0 unspecified atom stereocenters. The molecular formula is C29H32O13. The number of fused-ring (bicyclic) bond motifs is 4. The molecule has 226 valence electrons. The first-order chi connectivity index (χ1) is 20.3. The molecule has 0 amide bonds. The number of cyclic esters (lactones) is 1. The quantitative estimate of drug-likeness (QED) is 0.430. The Labute approximate surface area is 240 Å². The average molecular weight is 589 g/mol. The van der Waals surface area contributed by atoms with Gasteiger partial charge in [-0.3, -0.25) is 4.79 Å². The smallest absolute Gasteiger partial charge is 0.310 e. The number of hydrogen-bond acceptors (Lipinski definition) is 13. The van der Waals surface area contributed by atoms with Crippen LogP contribution in [-0.4, -0.2) is 92.5 Å². The van der Waals surface area contributed by atoms with Gasteiger partial charge in [-0.15, -0.1) is 0 Å². The van der Waals surface area contributed by atoms with Gasteiger partial charge >= 0.3 is 5.97 Å². The van der Waals surface area contributed by atoms with E-state index in [0.29, 0.717) is 28.2 Å². The molecule has 3 saturated heterocycles. The third kappa shape index (κ3) is 4.26. The normalized spacial score (nSPS) is 36.5. The first kappa shape index (κ1) is 27.5. The van der Waals surface area contributed by atoms with Crippen LogP contribution < -0.4 is 18.9 Å². The number of aliphatic hydroxyl groups is 2. The summed E-state index contributed by atoms with van der Waals surface area (Å²) in [5.74, 6) is -1.02. The third-order valence-corrected chi connectivity index (χ3v) is 8.75. The lowest BCUT2D eigenvalue weighted by molar-refractivity contribution is -0.364. The number of phenolic OH excluding ortho intramolecular Hbond substituents is 1. The van der Waals surface area contributed by atoms with Gasteiger partial charge < -0.3 is 58.0 Å². The van der Waals surface area contributed by atoms with Crippen LogP contribution in [-0.2, 0) is 28.5 Å². The molecule has 10 atom stereocenters. The number of carbonyl (C=O) groups is 1. The molecule has 2 aromatic rings. The molecule has 3 fully saturated rings. The zero-order valence-corrected chi connectivity index (χ0v) is 23.1. The summed E-state index contributed by atoms with van der Waals surface area (Å²) in [6.45, 7) is 1.93. The van der Waals surface area contributed by atoms with E-state index >= 15 is 0 Å². The molecule has 5 aliphatic rings. The van der Waals surface area contributed by atoms with Crippen LogP contribution in [0.15, 0.2) is 24.3 Å².